The van der Waals surface area contributed by atoms with E-state index in [0.717, 1.165) is 6.08 Å². The van der Waals surface area contributed by atoms with E-state index in [1.165, 1.54) is 0 Å². The lowest BCUT2D eigenvalue weighted by molar-refractivity contribution is -0.873. The maximum absolute atomic E-state index is 10.9. The minimum absolute atomic E-state index is 0.320. The molecule has 0 aliphatic rings. The largest absolute Gasteiger partial charge is 0.384 e. The molecule has 2 N–H and O–H groups in total. The minimum atomic E-state index is -1.35. The summed E-state index contributed by atoms with van der Waals surface area (Å²) in [6.45, 7) is 3.55. The number of ketones is 1. The van der Waals surface area contributed by atoms with E-state index >= 15 is 0 Å². The molecule has 0 aromatic rings. The lowest BCUT2D eigenvalue weighted by Gasteiger charge is -2.28. The fraction of sp³-hybridized carbons (Fsp3) is 0.667. The Bertz CT molecular complexity index is 196. The quantitative estimate of drug-likeness (QED) is 0.437. The van der Waals surface area contributed by atoms with Crippen molar-refractivity contribution in [2.75, 3.05) is 27.7 Å². The molecule has 0 aromatic carbocycles. The van der Waals surface area contributed by atoms with Gasteiger partial charge in [0.1, 0.15) is 18.8 Å². The molecule has 0 radical (unpaired) electrons. The third-order valence-electron chi connectivity index (χ3n) is 1.59. The topological polar surface area (TPSA) is 57.5 Å². The molecule has 4 heteroatoms. The van der Waals surface area contributed by atoms with Crippen LogP contribution in [0.25, 0.3) is 0 Å². The van der Waals surface area contributed by atoms with Gasteiger partial charge in [0.05, 0.1) is 21.1 Å². The number of hydrogen-bond acceptors (Lipinski definition) is 3. The van der Waals surface area contributed by atoms with Crippen LogP contribution in [0.5, 0.6) is 0 Å². The van der Waals surface area contributed by atoms with Crippen LogP contribution in [0.1, 0.15) is 0 Å². The Kier molecular flexibility index (Phi) is 4.26. The highest BCUT2D eigenvalue weighted by molar-refractivity contribution is 5.93. The van der Waals surface area contributed by atoms with Gasteiger partial charge in [-0.25, -0.2) is 0 Å². The molecule has 0 fully saturated rings. The van der Waals surface area contributed by atoms with Crippen molar-refractivity contribution < 1.29 is 19.5 Å². The van der Waals surface area contributed by atoms with Crippen LogP contribution in [0.4, 0.5) is 0 Å². The van der Waals surface area contributed by atoms with Crippen LogP contribution in [0, 0.1) is 0 Å². The Labute approximate surface area is 78.7 Å². The number of hydrogen-bond donors (Lipinski definition) is 2. The summed E-state index contributed by atoms with van der Waals surface area (Å²) in [5, 5.41) is 18.7. The van der Waals surface area contributed by atoms with Gasteiger partial charge in [-0.1, -0.05) is 6.58 Å². The van der Waals surface area contributed by atoms with Crippen LogP contribution in [0.2, 0.25) is 0 Å². The highest BCUT2D eigenvalue weighted by Gasteiger charge is 2.26. The van der Waals surface area contributed by atoms with E-state index in [2.05, 4.69) is 6.58 Å². The van der Waals surface area contributed by atoms with E-state index in [1.807, 2.05) is 21.1 Å². The normalized spacial score (nSPS) is 16.4. The summed E-state index contributed by atoms with van der Waals surface area (Å²) in [6, 6.07) is 0. The summed E-state index contributed by atoms with van der Waals surface area (Å²) in [6.07, 6.45) is -1.37. The van der Waals surface area contributed by atoms with Gasteiger partial charge in [-0.2, -0.15) is 0 Å². The zero-order valence-corrected chi connectivity index (χ0v) is 8.40. The Hall–Kier alpha value is -0.710. The Morgan fingerprint density at radius 3 is 2.23 bits per heavy atom. The first-order valence-corrected chi connectivity index (χ1v) is 4.11. The molecule has 4 nitrogen and oxygen atoms in total. The second-order valence-electron chi connectivity index (χ2n) is 4.09. The molecule has 0 aliphatic heterocycles. The average molecular weight is 188 g/mol. The number of carbonyl (C=O) groups excluding carboxylic acids is 1. The molecule has 0 spiro atoms. The molecular weight excluding hydrogens is 170 g/mol. The second-order valence-corrected chi connectivity index (χ2v) is 4.09. The van der Waals surface area contributed by atoms with Crippen molar-refractivity contribution in [3.63, 3.8) is 0 Å². The maximum atomic E-state index is 10.9. The third-order valence-corrected chi connectivity index (χ3v) is 1.59. The summed E-state index contributed by atoms with van der Waals surface area (Å²) in [5.41, 5.74) is 0. The van der Waals surface area contributed by atoms with E-state index in [9.17, 15) is 15.0 Å². The lowest BCUT2D eigenvalue weighted by Crippen LogP contribution is -2.47. The zero-order chi connectivity index (χ0) is 10.6. The minimum Gasteiger partial charge on any atom is -0.384 e. The zero-order valence-electron chi connectivity index (χ0n) is 8.40. The fourth-order valence-corrected chi connectivity index (χ4v) is 0.971. The molecule has 2 atom stereocenters. The Morgan fingerprint density at radius 1 is 1.46 bits per heavy atom. The SMILES string of the molecule is C=CC(=O)C(O)C(O)C[N+](C)(C)C. The summed E-state index contributed by atoms with van der Waals surface area (Å²) in [4.78, 5) is 10.9. The number of carbonyl (C=O) groups is 1. The van der Waals surface area contributed by atoms with Gasteiger partial charge in [0.2, 0.25) is 0 Å². The van der Waals surface area contributed by atoms with E-state index in [-0.39, 0.29) is 0 Å². The number of aliphatic hydroxyl groups is 2. The predicted molar refractivity (Wildman–Crippen MR) is 50.1 cm³/mol. The molecule has 0 saturated carbocycles. The van der Waals surface area contributed by atoms with Crippen molar-refractivity contribution in [1.82, 2.24) is 0 Å². The summed E-state index contributed by atoms with van der Waals surface area (Å²) in [5.74, 6) is -0.541. The molecule has 76 valence electrons. The number of rotatable bonds is 5. The molecular formula is C9H18NO3+. The third kappa shape index (κ3) is 4.77. The summed E-state index contributed by atoms with van der Waals surface area (Å²) >= 11 is 0. The Morgan fingerprint density at radius 2 is 1.92 bits per heavy atom. The first-order chi connectivity index (χ1) is 5.78. The molecule has 13 heavy (non-hydrogen) atoms. The maximum Gasteiger partial charge on any atom is 0.186 e. The molecule has 0 aliphatic carbocycles. The van der Waals surface area contributed by atoms with Crippen molar-refractivity contribution in [3.05, 3.63) is 12.7 Å². The highest BCUT2D eigenvalue weighted by Crippen LogP contribution is 2.01. The number of quaternary nitrogens is 1. The smallest absolute Gasteiger partial charge is 0.186 e. The molecule has 0 rings (SSSR count). The number of aliphatic hydroxyl groups excluding tert-OH is 2. The Balaban J connectivity index is 4.19. The molecule has 0 amide bonds. The number of likely N-dealkylation sites (N-methyl/N-ethyl adjacent to an activating group) is 1. The molecule has 0 aromatic heterocycles. The van der Waals surface area contributed by atoms with Crippen molar-refractivity contribution in [1.29, 1.82) is 0 Å². The van der Waals surface area contributed by atoms with Crippen LogP contribution in [-0.4, -0.2) is 60.4 Å². The summed E-state index contributed by atoms with van der Waals surface area (Å²) in [7, 11) is 5.61. The average Bonchev–Trinajstić information content (AvgIpc) is 1.98. The van der Waals surface area contributed by atoms with Crippen LogP contribution in [0.3, 0.4) is 0 Å². The summed E-state index contributed by atoms with van der Waals surface area (Å²) < 4.78 is 0.489. The van der Waals surface area contributed by atoms with Gasteiger partial charge in [-0.15, -0.1) is 0 Å². The van der Waals surface area contributed by atoms with Gasteiger partial charge in [0.25, 0.3) is 0 Å². The van der Waals surface area contributed by atoms with Gasteiger partial charge < -0.3 is 14.7 Å². The number of nitrogens with zero attached hydrogens (tertiary/aromatic N) is 1. The monoisotopic (exact) mass is 188 g/mol. The van der Waals surface area contributed by atoms with Crippen LogP contribution in [-0.2, 0) is 4.79 Å². The van der Waals surface area contributed by atoms with Gasteiger partial charge in [0.15, 0.2) is 5.78 Å². The van der Waals surface area contributed by atoms with E-state index in [0.29, 0.717) is 11.0 Å². The van der Waals surface area contributed by atoms with Gasteiger partial charge in [-0.3, -0.25) is 4.79 Å². The first-order valence-electron chi connectivity index (χ1n) is 4.11. The first kappa shape index (κ1) is 12.3. The molecule has 0 heterocycles. The molecule has 0 saturated heterocycles. The van der Waals surface area contributed by atoms with Gasteiger partial charge in [0, 0.05) is 0 Å². The van der Waals surface area contributed by atoms with Crippen LogP contribution >= 0.6 is 0 Å². The fourth-order valence-electron chi connectivity index (χ4n) is 0.971. The predicted octanol–water partition coefficient (Wildman–Crippen LogP) is -0.831. The van der Waals surface area contributed by atoms with E-state index in [4.69, 9.17) is 0 Å². The van der Waals surface area contributed by atoms with Crippen molar-refractivity contribution in [3.8, 4) is 0 Å². The van der Waals surface area contributed by atoms with E-state index in [1.54, 1.807) is 0 Å². The second kappa shape index (κ2) is 4.50. The highest BCUT2D eigenvalue weighted by atomic mass is 16.3. The van der Waals surface area contributed by atoms with Crippen molar-refractivity contribution in [2.24, 2.45) is 0 Å². The van der Waals surface area contributed by atoms with E-state index < -0.39 is 18.0 Å². The van der Waals surface area contributed by atoms with Gasteiger partial charge in [-0.05, 0) is 6.08 Å². The van der Waals surface area contributed by atoms with Crippen molar-refractivity contribution in [2.45, 2.75) is 12.2 Å². The van der Waals surface area contributed by atoms with Crippen LogP contribution < -0.4 is 0 Å². The van der Waals surface area contributed by atoms with Crippen LogP contribution in [0.15, 0.2) is 12.7 Å². The molecule has 2 unspecified atom stereocenters. The molecule has 0 bridgehead atoms. The standard InChI is InChI=1S/C9H18NO3/c1-5-7(11)9(13)8(12)6-10(2,3)4/h5,8-9,12-13H,1,6H2,2-4H3/q+1. The van der Waals surface area contributed by atoms with Crippen molar-refractivity contribution >= 4 is 5.78 Å². The van der Waals surface area contributed by atoms with Gasteiger partial charge >= 0.3 is 0 Å². The lowest BCUT2D eigenvalue weighted by atomic mass is 10.1.